The van der Waals surface area contributed by atoms with Gasteiger partial charge in [-0.25, -0.2) is 0 Å². The third-order valence-electron chi connectivity index (χ3n) is 5.11. The fourth-order valence-corrected chi connectivity index (χ4v) is 3.55. The first-order chi connectivity index (χ1) is 14.5. The number of amides is 1. The van der Waals surface area contributed by atoms with E-state index >= 15 is 0 Å². The molecule has 1 saturated heterocycles. The zero-order chi connectivity index (χ0) is 21.8. The van der Waals surface area contributed by atoms with Crippen LogP contribution in [0.3, 0.4) is 0 Å². The molecule has 2 heterocycles. The Labute approximate surface area is 204 Å². The van der Waals surface area contributed by atoms with E-state index in [1.807, 2.05) is 6.92 Å². The van der Waals surface area contributed by atoms with Crippen molar-refractivity contribution in [1.82, 2.24) is 20.9 Å². The Kier molecular flexibility index (Phi) is 13.8. The number of aryl methyl sites for hydroxylation is 1. The van der Waals surface area contributed by atoms with Crippen LogP contribution in [0.4, 0.5) is 0 Å². The molecule has 1 aromatic rings. The number of hydrogen-bond acceptors (Lipinski definition) is 5. The number of guanidine groups is 1. The normalized spacial score (nSPS) is 16.0. The first-order valence-corrected chi connectivity index (χ1v) is 11.2. The Morgan fingerprint density at radius 2 is 1.90 bits per heavy atom. The number of furan rings is 1. The highest BCUT2D eigenvalue weighted by molar-refractivity contribution is 14.0. The fraction of sp³-hybridized carbons (Fsp3) is 0.727. The molecule has 8 nitrogen and oxygen atoms in total. The Morgan fingerprint density at radius 3 is 2.52 bits per heavy atom. The molecule has 1 aliphatic heterocycles. The van der Waals surface area contributed by atoms with Gasteiger partial charge in [0.05, 0.1) is 26.0 Å². The van der Waals surface area contributed by atoms with Gasteiger partial charge in [0, 0.05) is 44.3 Å². The lowest BCUT2D eigenvalue weighted by atomic mass is 10.0. The van der Waals surface area contributed by atoms with Crippen molar-refractivity contribution in [2.24, 2.45) is 10.9 Å². The Bertz CT molecular complexity index is 659. The maximum atomic E-state index is 12.1. The Hall–Kier alpha value is -1.33. The van der Waals surface area contributed by atoms with Crippen LogP contribution in [0, 0.1) is 12.8 Å². The summed E-state index contributed by atoms with van der Waals surface area (Å²) >= 11 is 0. The minimum atomic E-state index is -0.167. The molecule has 1 unspecified atom stereocenters. The second-order valence-corrected chi connectivity index (χ2v) is 8.12. The second-order valence-electron chi connectivity index (χ2n) is 8.12. The molecule has 178 valence electrons. The van der Waals surface area contributed by atoms with Crippen LogP contribution in [0.2, 0.25) is 0 Å². The van der Waals surface area contributed by atoms with Crippen molar-refractivity contribution < 1.29 is 13.9 Å². The maximum Gasteiger partial charge on any atom is 0.287 e. The number of carbonyl (C=O) groups is 1. The number of carbonyl (C=O) groups excluding carboxylic acids is 1. The monoisotopic (exact) mass is 549 g/mol. The quantitative estimate of drug-likeness (QED) is 0.170. The minimum Gasteiger partial charge on any atom is -0.459 e. The molecule has 3 N–H and O–H groups in total. The SMILES string of the molecule is CCNC(=NCC(CC(C)C)N1CCOCC1)NCCCNC(=O)c1occc1C.I. The van der Waals surface area contributed by atoms with Crippen LogP contribution in [-0.2, 0) is 4.74 Å². The van der Waals surface area contributed by atoms with Crippen LogP contribution >= 0.6 is 24.0 Å². The van der Waals surface area contributed by atoms with Gasteiger partial charge in [0.15, 0.2) is 11.7 Å². The van der Waals surface area contributed by atoms with Crippen LogP contribution in [0.15, 0.2) is 21.7 Å². The van der Waals surface area contributed by atoms with Crippen molar-refractivity contribution in [2.75, 3.05) is 52.5 Å². The fourth-order valence-electron chi connectivity index (χ4n) is 3.55. The summed E-state index contributed by atoms with van der Waals surface area (Å²) in [5.74, 6) is 1.68. The van der Waals surface area contributed by atoms with E-state index in [9.17, 15) is 4.79 Å². The molecule has 31 heavy (non-hydrogen) atoms. The van der Waals surface area contributed by atoms with Gasteiger partial charge >= 0.3 is 0 Å². The summed E-state index contributed by atoms with van der Waals surface area (Å²) in [4.78, 5) is 19.4. The van der Waals surface area contributed by atoms with Gasteiger partial charge in [0.1, 0.15) is 0 Å². The van der Waals surface area contributed by atoms with Gasteiger partial charge < -0.3 is 25.1 Å². The average Bonchev–Trinajstić information content (AvgIpc) is 3.16. The predicted octanol–water partition coefficient (Wildman–Crippen LogP) is 2.63. The largest absolute Gasteiger partial charge is 0.459 e. The van der Waals surface area contributed by atoms with Gasteiger partial charge in [-0.3, -0.25) is 14.7 Å². The Balaban J connectivity index is 0.00000480. The predicted molar refractivity (Wildman–Crippen MR) is 135 cm³/mol. The highest BCUT2D eigenvalue weighted by Crippen LogP contribution is 2.14. The summed E-state index contributed by atoms with van der Waals surface area (Å²) in [6.07, 6.45) is 3.46. The summed E-state index contributed by atoms with van der Waals surface area (Å²) in [7, 11) is 0. The lowest BCUT2D eigenvalue weighted by Gasteiger charge is -2.34. The minimum absolute atomic E-state index is 0. The molecule has 0 saturated carbocycles. The maximum absolute atomic E-state index is 12.1. The van der Waals surface area contributed by atoms with Gasteiger partial charge in [-0.2, -0.15) is 0 Å². The lowest BCUT2D eigenvalue weighted by molar-refractivity contribution is 0.0143. The van der Waals surface area contributed by atoms with Crippen LogP contribution in [0.1, 0.15) is 49.7 Å². The van der Waals surface area contributed by atoms with E-state index in [-0.39, 0.29) is 29.9 Å². The molecule has 9 heteroatoms. The van der Waals surface area contributed by atoms with E-state index < -0.39 is 0 Å². The van der Waals surface area contributed by atoms with E-state index in [0.717, 1.165) is 70.3 Å². The van der Waals surface area contributed by atoms with E-state index in [4.69, 9.17) is 14.1 Å². The van der Waals surface area contributed by atoms with Crippen LogP contribution in [0.25, 0.3) is 0 Å². The molecule has 0 aliphatic carbocycles. The van der Waals surface area contributed by atoms with Crippen molar-refractivity contribution >= 4 is 35.8 Å². The topological polar surface area (TPSA) is 91.1 Å². The molecule has 1 atom stereocenters. The smallest absolute Gasteiger partial charge is 0.287 e. The van der Waals surface area contributed by atoms with Gasteiger partial charge in [-0.1, -0.05) is 13.8 Å². The molecule has 0 spiro atoms. The summed E-state index contributed by atoms with van der Waals surface area (Å²) < 4.78 is 10.7. The first kappa shape index (κ1) is 27.7. The molecule has 0 aromatic carbocycles. The van der Waals surface area contributed by atoms with E-state index in [1.165, 1.54) is 6.26 Å². The highest BCUT2D eigenvalue weighted by atomic mass is 127. The number of aliphatic imine (C=N–C) groups is 1. The van der Waals surface area contributed by atoms with Crippen molar-refractivity contribution in [3.63, 3.8) is 0 Å². The van der Waals surface area contributed by atoms with Crippen molar-refractivity contribution in [2.45, 2.75) is 46.6 Å². The summed E-state index contributed by atoms with van der Waals surface area (Å²) in [6, 6.07) is 2.22. The standard InChI is InChI=1S/C22H39N5O3.HI/c1-5-23-22(25-9-6-8-24-21(28)20-18(4)7-12-30-20)26-16-19(15-17(2)3)27-10-13-29-14-11-27;/h7,12,17,19H,5-6,8-11,13-16H2,1-4H3,(H,24,28)(H2,23,25,26);1H. The van der Waals surface area contributed by atoms with Crippen LogP contribution in [0.5, 0.6) is 0 Å². The van der Waals surface area contributed by atoms with Crippen LogP contribution in [-0.4, -0.2) is 75.3 Å². The van der Waals surface area contributed by atoms with Crippen molar-refractivity contribution in [1.29, 1.82) is 0 Å². The molecular formula is C22H40IN5O3. The second kappa shape index (κ2) is 15.5. The number of hydrogen-bond donors (Lipinski definition) is 3. The zero-order valence-electron chi connectivity index (χ0n) is 19.4. The van der Waals surface area contributed by atoms with Gasteiger partial charge in [-0.15, -0.1) is 24.0 Å². The third-order valence-corrected chi connectivity index (χ3v) is 5.11. The number of nitrogens with one attached hydrogen (secondary N) is 3. The molecule has 0 radical (unpaired) electrons. The third kappa shape index (κ3) is 10.2. The van der Waals surface area contributed by atoms with E-state index in [0.29, 0.717) is 24.3 Å². The van der Waals surface area contributed by atoms with E-state index in [1.54, 1.807) is 6.07 Å². The molecule has 1 fully saturated rings. The molecule has 1 aliphatic rings. The zero-order valence-corrected chi connectivity index (χ0v) is 21.7. The summed E-state index contributed by atoms with van der Waals surface area (Å²) in [6.45, 7) is 14.9. The van der Waals surface area contributed by atoms with Crippen molar-refractivity contribution in [3.8, 4) is 0 Å². The molecule has 0 bridgehead atoms. The molecule has 1 aromatic heterocycles. The van der Waals surface area contributed by atoms with Crippen LogP contribution < -0.4 is 16.0 Å². The summed E-state index contributed by atoms with van der Waals surface area (Å²) in [5, 5.41) is 9.59. The number of halogens is 1. The number of nitrogens with zero attached hydrogens (tertiary/aromatic N) is 2. The Morgan fingerprint density at radius 1 is 1.19 bits per heavy atom. The molecule has 1 amide bonds. The van der Waals surface area contributed by atoms with Gasteiger partial charge in [-0.05, 0) is 38.7 Å². The lowest BCUT2D eigenvalue weighted by Crippen LogP contribution is -2.46. The highest BCUT2D eigenvalue weighted by Gasteiger charge is 2.21. The summed E-state index contributed by atoms with van der Waals surface area (Å²) in [5.41, 5.74) is 0.850. The molecular weight excluding hydrogens is 509 g/mol. The average molecular weight is 549 g/mol. The van der Waals surface area contributed by atoms with Gasteiger partial charge in [0.2, 0.25) is 0 Å². The molecule has 2 rings (SSSR count). The number of rotatable bonds is 11. The van der Waals surface area contributed by atoms with E-state index in [2.05, 4.69) is 41.6 Å². The van der Waals surface area contributed by atoms with Crippen molar-refractivity contribution in [3.05, 3.63) is 23.7 Å². The number of morpholine rings is 1. The number of ether oxygens (including phenoxy) is 1. The first-order valence-electron chi connectivity index (χ1n) is 11.2. The van der Waals surface area contributed by atoms with Gasteiger partial charge in [0.25, 0.3) is 5.91 Å².